The summed E-state index contributed by atoms with van der Waals surface area (Å²) in [6, 6.07) is 4.36. The molecule has 0 radical (unpaired) electrons. The van der Waals surface area contributed by atoms with Gasteiger partial charge < -0.3 is 10.1 Å². The molecule has 4 nitrogen and oxygen atoms in total. The van der Waals surface area contributed by atoms with E-state index in [1.54, 1.807) is 6.07 Å². The molecule has 20 heavy (non-hydrogen) atoms. The average molecular weight is 340 g/mol. The number of aromatic nitrogens is 2. The van der Waals surface area contributed by atoms with E-state index in [1.165, 1.54) is 18.5 Å². The molecule has 1 heterocycles. The number of ether oxygens (including phenoxy) is 1. The molecule has 0 saturated heterocycles. The summed E-state index contributed by atoms with van der Waals surface area (Å²) in [5.41, 5.74) is 0.793. The lowest BCUT2D eigenvalue weighted by molar-refractivity contribution is 0.452. The molecule has 0 atom stereocenters. The third-order valence-corrected chi connectivity index (χ3v) is 3.09. The van der Waals surface area contributed by atoms with Crippen molar-refractivity contribution in [3.8, 4) is 11.6 Å². The normalized spacial score (nSPS) is 10.4. The standard InChI is InChI=1S/C14H15BrFN3O/c1-3-4-17-13-9(2)14(19-8-18-13)20-12-6-10(15)5-11(16)7-12/h5-8H,3-4H2,1-2H3,(H,17,18,19). The molecular weight excluding hydrogens is 325 g/mol. The van der Waals surface area contributed by atoms with Crippen LogP contribution in [0.2, 0.25) is 0 Å². The van der Waals surface area contributed by atoms with Crippen molar-refractivity contribution >= 4 is 21.7 Å². The first-order valence-electron chi connectivity index (χ1n) is 6.29. The maximum atomic E-state index is 13.3. The molecule has 0 unspecified atom stereocenters. The zero-order valence-electron chi connectivity index (χ0n) is 11.3. The zero-order valence-corrected chi connectivity index (χ0v) is 12.9. The highest BCUT2D eigenvalue weighted by molar-refractivity contribution is 9.10. The highest BCUT2D eigenvalue weighted by atomic mass is 79.9. The van der Waals surface area contributed by atoms with E-state index < -0.39 is 0 Å². The second-order valence-electron chi connectivity index (χ2n) is 4.29. The first-order chi connectivity index (χ1) is 9.60. The maximum Gasteiger partial charge on any atom is 0.227 e. The molecule has 0 spiro atoms. The number of anilines is 1. The van der Waals surface area contributed by atoms with Crippen molar-refractivity contribution in [1.29, 1.82) is 0 Å². The molecule has 2 rings (SSSR count). The van der Waals surface area contributed by atoms with Gasteiger partial charge in [-0.25, -0.2) is 14.4 Å². The highest BCUT2D eigenvalue weighted by Crippen LogP contribution is 2.28. The van der Waals surface area contributed by atoms with Crippen LogP contribution in [0.15, 0.2) is 29.0 Å². The van der Waals surface area contributed by atoms with Gasteiger partial charge in [-0.1, -0.05) is 22.9 Å². The Morgan fingerprint density at radius 3 is 2.80 bits per heavy atom. The summed E-state index contributed by atoms with van der Waals surface area (Å²) in [5.74, 6) is 1.16. The molecule has 2 aromatic rings. The van der Waals surface area contributed by atoms with E-state index in [4.69, 9.17) is 4.74 Å². The molecule has 0 amide bonds. The summed E-state index contributed by atoms with van der Waals surface area (Å²) < 4.78 is 19.6. The van der Waals surface area contributed by atoms with Gasteiger partial charge in [-0.15, -0.1) is 0 Å². The Hall–Kier alpha value is -1.69. The van der Waals surface area contributed by atoms with Gasteiger partial charge in [-0.05, 0) is 25.5 Å². The van der Waals surface area contributed by atoms with Crippen molar-refractivity contribution in [1.82, 2.24) is 9.97 Å². The lowest BCUT2D eigenvalue weighted by atomic mass is 10.3. The first-order valence-corrected chi connectivity index (χ1v) is 7.09. The predicted octanol–water partition coefficient (Wildman–Crippen LogP) is 4.30. The van der Waals surface area contributed by atoms with Crippen molar-refractivity contribution in [3.63, 3.8) is 0 Å². The van der Waals surface area contributed by atoms with Crippen molar-refractivity contribution in [2.75, 3.05) is 11.9 Å². The average Bonchev–Trinajstić information content (AvgIpc) is 2.38. The second kappa shape index (κ2) is 6.65. The largest absolute Gasteiger partial charge is 0.438 e. The topological polar surface area (TPSA) is 47.0 Å². The Morgan fingerprint density at radius 2 is 2.10 bits per heavy atom. The summed E-state index contributed by atoms with van der Waals surface area (Å²) in [4.78, 5) is 8.26. The van der Waals surface area contributed by atoms with Gasteiger partial charge in [-0.2, -0.15) is 0 Å². The van der Waals surface area contributed by atoms with Crippen molar-refractivity contribution < 1.29 is 9.13 Å². The molecule has 0 aliphatic carbocycles. The summed E-state index contributed by atoms with van der Waals surface area (Å²) in [7, 11) is 0. The predicted molar refractivity (Wildman–Crippen MR) is 79.7 cm³/mol. The fourth-order valence-corrected chi connectivity index (χ4v) is 2.10. The fraction of sp³-hybridized carbons (Fsp3) is 0.286. The van der Waals surface area contributed by atoms with Crippen molar-refractivity contribution in [2.45, 2.75) is 20.3 Å². The van der Waals surface area contributed by atoms with Gasteiger partial charge in [0.2, 0.25) is 5.88 Å². The third-order valence-electron chi connectivity index (χ3n) is 2.63. The maximum absolute atomic E-state index is 13.3. The number of hydrogen-bond acceptors (Lipinski definition) is 4. The smallest absolute Gasteiger partial charge is 0.227 e. The van der Waals surface area contributed by atoms with Crippen molar-refractivity contribution in [3.05, 3.63) is 40.4 Å². The molecule has 6 heteroatoms. The summed E-state index contributed by atoms with van der Waals surface area (Å²) >= 11 is 3.23. The van der Waals surface area contributed by atoms with Gasteiger partial charge in [0, 0.05) is 17.1 Å². The number of benzene rings is 1. The summed E-state index contributed by atoms with van der Waals surface area (Å²) in [6.07, 6.45) is 2.42. The Balaban J connectivity index is 2.24. The van der Waals surface area contributed by atoms with E-state index in [2.05, 4.69) is 38.1 Å². The second-order valence-corrected chi connectivity index (χ2v) is 5.20. The van der Waals surface area contributed by atoms with Gasteiger partial charge in [0.15, 0.2) is 0 Å². The van der Waals surface area contributed by atoms with Crippen LogP contribution in [0.25, 0.3) is 0 Å². The minimum Gasteiger partial charge on any atom is -0.438 e. The van der Waals surface area contributed by atoms with Crippen LogP contribution in [-0.4, -0.2) is 16.5 Å². The van der Waals surface area contributed by atoms with Gasteiger partial charge in [0.05, 0.1) is 5.56 Å². The summed E-state index contributed by atoms with van der Waals surface area (Å²) in [6.45, 7) is 4.76. The van der Waals surface area contributed by atoms with Gasteiger partial charge in [0.1, 0.15) is 23.7 Å². The fourth-order valence-electron chi connectivity index (χ4n) is 1.66. The van der Waals surface area contributed by atoms with Crippen LogP contribution in [0.4, 0.5) is 10.2 Å². The molecule has 0 aliphatic rings. The van der Waals surface area contributed by atoms with E-state index in [-0.39, 0.29) is 5.82 Å². The number of nitrogens with zero attached hydrogens (tertiary/aromatic N) is 2. The van der Waals surface area contributed by atoms with Crippen LogP contribution in [0.3, 0.4) is 0 Å². The van der Waals surface area contributed by atoms with Crippen molar-refractivity contribution in [2.24, 2.45) is 0 Å². The van der Waals surface area contributed by atoms with E-state index in [0.717, 1.165) is 24.3 Å². The third kappa shape index (κ3) is 3.66. The van der Waals surface area contributed by atoms with Crippen LogP contribution in [0.5, 0.6) is 11.6 Å². The number of halogens is 2. The molecule has 1 aromatic carbocycles. The molecular formula is C14H15BrFN3O. The molecule has 1 N–H and O–H groups in total. The van der Waals surface area contributed by atoms with Gasteiger partial charge >= 0.3 is 0 Å². The molecule has 0 saturated carbocycles. The molecule has 0 aliphatic heterocycles. The van der Waals surface area contributed by atoms with Crippen LogP contribution in [0, 0.1) is 12.7 Å². The van der Waals surface area contributed by atoms with E-state index in [9.17, 15) is 4.39 Å². The van der Waals surface area contributed by atoms with Crippen LogP contribution in [-0.2, 0) is 0 Å². The zero-order chi connectivity index (χ0) is 14.5. The minimum atomic E-state index is -0.370. The monoisotopic (exact) mass is 339 g/mol. The quantitative estimate of drug-likeness (QED) is 0.882. The Bertz CT molecular complexity index is 587. The number of nitrogens with one attached hydrogen (secondary N) is 1. The van der Waals surface area contributed by atoms with Crippen LogP contribution >= 0.6 is 15.9 Å². The Labute approximate surface area is 125 Å². The minimum absolute atomic E-state index is 0.370. The SMILES string of the molecule is CCCNc1ncnc(Oc2cc(F)cc(Br)c2)c1C. The van der Waals surface area contributed by atoms with E-state index in [0.29, 0.717) is 16.1 Å². The number of rotatable bonds is 5. The molecule has 1 aromatic heterocycles. The van der Waals surface area contributed by atoms with Gasteiger partial charge in [-0.3, -0.25) is 0 Å². The van der Waals surface area contributed by atoms with E-state index in [1.807, 2.05) is 6.92 Å². The summed E-state index contributed by atoms with van der Waals surface area (Å²) in [5, 5.41) is 3.20. The lowest BCUT2D eigenvalue weighted by Crippen LogP contribution is -2.05. The molecule has 0 fully saturated rings. The lowest BCUT2D eigenvalue weighted by Gasteiger charge is -2.11. The molecule has 106 valence electrons. The molecule has 0 bridgehead atoms. The van der Waals surface area contributed by atoms with Crippen LogP contribution < -0.4 is 10.1 Å². The van der Waals surface area contributed by atoms with E-state index >= 15 is 0 Å². The number of hydrogen-bond donors (Lipinski definition) is 1. The first kappa shape index (κ1) is 14.7. The van der Waals surface area contributed by atoms with Gasteiger partial charge in [0.25, 0.3) is 0 Å². The Kier molecular flexibility index (Phi) is 4.89. The highest BCUT2D eigenvalue weighted by Gasteiger charge is 2.09. The van der Waals surface area contributed by atoms with Crippen LogP contribution in [0.1, 0.15) is 18.9 Å². The Morgan fingerprint density at radius 1 is 1.30 bits per heavy atom.